The number of aryl methyl sites for hydroxylation is 1. The molecular weight excluding hydrogens is 340 g/mol. The third-order valence-corrected chi connectivity index (χ3v) is 5.32. The zero-order valence-corrected chi connectivity index (χ0v) is 14.7. The maximum atomic E-state index is 12.5. The zero-order chi connectivity index (χ0) is 18.0. The lowest BCUT2D eigenvalue weighted by Crippen LogP contribution is -2.19. The van der Waals surface area contributed by atoms with Crippen LogP contribution in [0.25, 0.3) is 11.0 Å². The highest BCUT2D eigenvalue weighted by Gasteiger charge is 2.15. The monoisotopic (exact) mass is 358 g/mol. The van der Waals surface area contributed by atoms with Crippen LogP contribution in [0.4, 0.5) is 5.95 Å². The van der Waals surface area contributed by atoms with Crippen molar-refractivity contribution in [3.05, 3.63) is 54.1 Å². The van der Waals surface area contributed by atoms with E-state index in [2.05, 4.69) is 15.0 Å². The number of aromatic nitrogens is 2. The molecule has 0 saturated heterocycles. The van der Waals surface area contributed by atoms with Crippen molar-refractivity contribution in [3.8, 4) is 0 Å². The van der Waals surface area contributed by atoms with Gasteiger partial charge in [0.25, 0.3) is 5.91 Å². The van der Waals surface area contributed by atoms with E-state index >= 15 is 0 Å². The zero-order valence-electron chi connectivity index (χ0n) is 13.9. The van der Waals surface area contributed by atoms with Crippen molar-refractivity contribution in [2.24, 2.45) is 0 Å². The fourth-order valence-electron chi connectivity index (χ4n) is 2.57. The molecule has 0 aliphatic rings. The van der Waals surface area contributed by atoms with Crippen LogP contribution < -0.4 is 10.0 Å². The number of hydrogen-bond donors (Lipinski definition) is 2. The molecule has 8 heteroatoms. The van der Waals surface area contributed by atoms with Crippen molar-refractivity contribution in [3.63, 3.8) is 0 Å². The fourth-order valence-corrected chi connectivity index (χ4v) is 3.30. The smallest absolute Gasteiger partial charge is 0.257 e. The molecule has 2 aromatic carbocycles. The van der Waals surface area contributed by atoms with E-state index in [9.17, 15) is 13.2 Å². The molecule has 2 N–H and O–H groups in total. The molecule has 0 saturated carbocycles. The van der Waals surface area contributed by atoms with Crippen LogP contribution in [0.1, 0.15) is 17.3 Å². The average Bonchev–Trinajstić information content (AvgIpc) is 2.98. The minimum absolute atomic E-state index is 0.104. The fraction of sp³-hybridized carbons (Fsp3) is 0.176. The molecule has 0 atom stereocenters. The first-order valence-electron chi connectivity index (χ1n) is 7.76. The molecule has 0 aliphatic heterocycles. The minimum atomic E-state index is -3.53. The summed E-state index contributed by atoms with van der Waals surface area (Å²) in [6.07, 6.45) is 0. The van der Waals surface area contributed by atoms with Gasteiger partial charge in [0.05, 0.1) is 15.9 Å². The molecule has 130 valence electrons. The van der Waals surface area contributed by atoms with E-state index in [0.29, 0.717) is 18.1 Å². The van der Waals surface area contributed by atoms with Gasteiger partial charge in [-0.2, -0.15) is 0 Å². The normalized spacial score (nSPS) is 11.6. The van der Waals surface area contributed by atoms with Crippen molar-refractivity contribution >= 4 is 32.9 Å². The highest BCUT2D eigenvalue weighted by molar-refractivity contribution is 7.89. The molecule has 3 aromatic rings. The van der Waals surface area contributed by atoms with Crippen molar-refractivity contribution in [1.82, 2.24) is 14.3 Å². The average molecular weight is 358 g/mol. The number of nitrogens with zero attached hydrogens (tertiary/aromatic N) is 2. The first kappa shape index (κ1) is 17.1. The van der Waals surface area contributed by atoms with E-state index in [4.69, 9.17) is 0 Å². The molecule has 0 aliphatic carbocycles. The second kappa shape index (κ2) is 6.66. The van der Waals surface area contributed by atoms with Crippen LogP contribution >= 0.6 is 0 Å². The molecule has 0 radical (unpaired) electrons. The number of para-hydroxylation sites is 2. The van der Waals surface area contributed by atoms with E-state index in [1.807, 2.05) is 35.8 Å². The van der Waals surface area contributed by atoms with Gasteiger partial charge in [0, 0.05) is 12.1 Å². The topological polar surface area (TPSA) is 93.1 Å². The molecular formula is C17H18N4O3S. The van der Waals surface area contributed by atoms with Crippen molar-refractivity contribution in [1.29, 1.82) is 0 Å². The maximum absolute atomic E-state index is 12.5. The largest absolute Gasteiger partial charge is 0.310 e. The van der Waals surface area contributed by atoms with Gasteiger partial charge in [-0.25, -0.2) is 18.1 Å². The lowest BCUT2D eigenvalue weighted by atomic mass is 10.2. The molecule has 0 spiro atoms. The third-order valence-electron chi connectivity index (χ3n) is 3.89. The van der Waals surface area contributed by atoms with Crippen LogP contribution in [0, 0.1) is 0 Å². The van der Waals surface area contributed by atoms with Gasteiger partial charge < -0.3 is 4.57 Å². The Balaban J connectivity index is 1.88. The van der Waals surface area contributed by atoms with Crippen LogP contribution in [0.15, 0.2) is 53.4 Å². The van der Waals surface area contributed by atoms with E-state index in [-0.39, 0.29) is 10.8 Å². The Morgan fingerprint density at radius 3 is 2.44 bits per heavy atom. The van der Waals surface area contributed by atoms with Gasteiger partial charge in [0.15, 0.2) is 0 Å². The molecule has 0 fully saturated rings. The molecule has 7 nitrogen and oxygen atoms in total. The van der Waals surface area contributed by atoms with Gasteiger partial charge in [0.1, 0.15) is 0 Å². The van der Waals surface area contributed by atoms with Gasteiger partial charge in [-0.1, -0.05) is 12.1 Å². The second-order valence-electron chi connectivity index (χ2n) is 5.35. The van der Waals surface area contributed by atoms with Crippen molar-refractivity contribution < 1.29 is 13.2 Å². The molecule has 1 heterocycles. The number of carbonyl (C=O) groups excluding carboxylic acids is 1. The van der Waals surface area contributed by atoms with Gasteiger partial charge >= 0.3 is 0 Å². The van der Waals surface area contributed by atoms with E-state index < -0.39 is 10.0 Å². The molecule has 25 heavy (non-hydrogen) atoms. The first-order chi connectivity index (χ1) is 12.0. The summed E-state index contributed by atoms with van der Waals surface area (Å²) in [5.74, 6) is 0.110. The van der Waals surface area contributed by atoms with Crippen LogP contribution in [0.2, 0.25) is 0 Å². The molecule has 1 aromatic heterocycles. The number of carbonyl (C=O) groups is 1. The summed E-state index contributed by atoms with van der Waals surface area (Å²) in [7, 11) is -2.19. The lowest BCUT2D eigenvalue weighted by molar-refractivity contribution is 0.102. The summed E-state index contributed by atoms with van der Waals surface area (Å²) in [6, 6.07) is 13.4. The van der Waals surface area contributed by atoms with E-state index in [1.165, 1.54) is 31.3 Å². The Labute approximate surface area is 145 Å². The summed E-state index contributed by atoms with van der Waals surface area (Å²) in [6.45, 7) is 2.64. The number of fused-ring (bicyclic) bond motifs is 1. The Kier molecular flexibility index (Phi) is 4.56. The number of imidazole rings is 1. The Bertz CT molecular complexity index is 1020. The number of benzene rings is 2. The van der Waals surface area contributed by atoms with Crippen LogP contribution in [0.3, 0.4) is 0 Å². The molecule has 0 bridgehead atoms. The summed E-state index contributed by atoms with van der Waals surface area (Å²) < 4.78 is 27.6. The number of nitrogens with one attached hydrogen (secondary N) is 2. The van der Waals surface area contributed by atoms with Crippen molar-refractivity contribution in [2.45, 2.75) is 18.4 Å². The Morgan fingerprint density at radius 2 is 1.80 bits per heavy atom. The second-order valence-corrected chi connectivity index (χ2v) is 7.24. The number of rotatable bonds is 5. The van der Waals surface area contributed by atoms with Crippen LogP contribution in [-0.4, -0.2) is 30.9 Å². The van der Waals surface area contributed by atoms with Gasteiger partial charge in [-0.3, -0.25) is 10.1 Å². The Hall–Kier alpha value is -2.71. The van der Waals surface area contributed by atoms with E-state index in [1.54, 1.807) is 0 Å². The standard InChI is InChI=1S/C17H18N4O3S/c1-3-21-15-7-5-4-6-14(15)19-17(21)20-16(22)12-8-10-13(11-9-12)25(23,24)18-2/h4-11,18H,3H2,1-2H3,(H,19,20,22). The number of hydrogen-bond acceptors (Lipinski definition) is 4. The third kappa shape index (κ3) is 3.26. The number of sulfonamides is 1. The predicted molar refractivity (Wildman–Crippen MR) is 96.0 cm³/mol. The number of amides is 1. The minimum Gasteiger partial charge on any atom is -0.310 e. The van der Waals surface area contributed by atoms with Crippen LogP contribution in [0.5, 0.6) is 0 Å². The van der Waals surface area contributed by atoms with Gasteiger partial charge in [0.2, 0.25) is 16.0 Å². The maximum Gasteiger partial charge on any atom is 0.257 e. The number of anilines is 1. The van der Waals surface area contributed by atoms with Crippen molar-refractivity contribution in [2.75, 3.05) is 12.4 Å². The molecule has 3 rings (SSSR count). The quantitative estimate of drug-likeness (QED) is 0.731. The summed E-state index contributed by atoms with van der Waals surface area (Å²) in [5.41, 5.74) is 2.09. The SMILES string of the molecule is CCn1c(NC(=O)c2ccc(S(=O)(=O)NC)cc2)nc2ccccc21. The summed E-state index contributed by atoms with van der Waals surface area (Å²) in [5, 5.41) is 2.79. The Morgan fingerprint density at radius 1 is 1.12 bits per heavy atom. The van der Waals surface area contributed by atoms with E-state index in [0.717, 1.165) is 11.0 Å². The first-order valence-corrected chi connectivity index (χ1v) is 9.25. The molecule has 0 unspecified atom stereocenters. The van der Waals surface area contributed by atoms with Crippen LogP contribution in [-0.2, 0) is 16.6 Å². The highest BCUT2D eigenvalue weighted by atomic mass is 32.2. The summed E-state index contributed by atoms with van der Waals surface area (Å²) in [4.78, 5) is 17.0. The lowest BCUT2D eigenvalue weighted by Gasteiger charge is -2.08. The van der Waals surface area contributed by atoms with Gasteiger partial charge in [-0.15, -0.1) is 0 Å². The van der Waals surface area contributed by atoms with Gasteiger partial charge in [-0.05, 0) is 50.4 Å². The molecule has 1 amide bonds. The highest BCUT2D eigenvalue weighted by Crippen LogP contribution is 2.20. The summed E-state index contributed by atoms with van der Waals surface area (Å²) >= 11 is 0. The predicted octanol–water partition coefficient (Wildman–Crippen LogP) is 2.22.